The van der Waals surface area contributed by atoms with Gasteiger partial charge in [0.15, 0.2) is 6.10 Å². The minimum atomic E-state index is -0.827. The molecule has 0 spiro atoms. The Hall–Kier alpha value is -4.71. The lowest BCUT2D eigenvalue weighted by atomic mass is 10.0. The van der Waals surface area contributed by atoms with Crippen LogP contribution in [0.1, 0.15) is 297 Å². The van der Waals surface area contributed by atoms with E-state index in [2.05, 4.69) is 154 Å². The first kappa shape index (κ1) is 77.3. The van der Waals surface area contributed by atoms with E-state index >= 15 is 0 Å². The normalized spacial score (nSPS) is 13.1. The van der Waals surface area contributed by atoms with Crippen molar-refractivity contribution in [1.29, 1.82) is 0 Å². The van der Waals surface area contributed by atoms with Crippen molar-refractivity contribution in [2.75, 3.05) is 13.2 Å². The largest absolute Gasteiger partial charge is 0.462 e. The molecule has 0 aliphatic heterocycles. The summed E-state index contributed by atoms with van der Waals surface area (Å²) in [7, 11) is 0. The fourth-order valence-electron chi connectivity index (χ4n) is 9.10. The lowest BCUT2D eigenvalue weighted by Gasteiger charge is -2.18. The molecule has 0 rings (SSSR count). The van der Waals surface area contributed by atoms with Crippen LogP contribution in [0, 0.1) is 0 Å². The highest BCUT2D eigenvalue weighted by molar-refractivity contribution is 5.72. The molecule has 0 saturated carbocycles. The molecule has 0 radical (unpaired) electrons. The molecule has 0 heterocycles. The lowest BCUT2D eigenvalue weighted by Crippen LogP contribution is -2.30. The van der Waals surface area contributed by atoms with Gasteiger partial charge in [-0.15, -0.1) is 0 Å². The third kappa shape index (κ3) is 66.1. The van der Waals surface area contributed by atoms with Gasteiger partial charge < -0.3 is 14.2 Å². The van der Waals surface area contributed by atoms with Crippen LogP contribution in [-0.2, 0) is 28.6 Å². The van der Waals surface area contributed by atoms with Crippen molar-refractivity contribution in [2.45, 2.75) is 303 Å². The fraction of sp³-hybridized carbons (Fsp3) is 0.645. The number of allylic oxidation sites excluding steroid dienone is 23. The van der Waals surface area contributed by atoms with Crippen LogP contribution in [0.15, 0.2) is 146 Å². The summed E-state index contributed by atoms with van der Waals surface area (Å²) in [6, 6.07) is 0. The van der Waals surface area contributed by atoms with E-state index in [4.69, 9.17) is 14.2 Å². The monoisotopic (exact) mass is 1130 g/mol. The smallest absolute Gasteiger partial charge is 0.309 e. The number of esters is 3. The van der Waals surface area contributed by atoms with Gasteiger partial charge in [-0.25, -0.2) is 0 Å². The lowest BCUT2D eigenvalue weighted by molar-refractivity contribution is -0.166. The van der Waals surface area contributed by atoms with Gasteiger partial charge in [0.2, 0.25) is 0 Å². The maximum Gasteiger partial charge on any atom is 0.309 e. The van der Waals surface area contributed by atoms with Crippen LogP contribution in [-0.4, -0.2) is 37.2 Å². The van der Waals surface area contributed by atoms with Gasteiger partial charge in [0, 0.05) is 12.8 Å². The molecular weight excluding hydrogens is 1010 g/mol. The zero-order valence-corrected chi connectivity index (χ0v) is 53.2. The van der Waals surface area contributed by atoms with Gasteiger partial charge in [0.25, 0.3) is 0 Å². The first-order chi connectivity index (χ1) is 40.5. The minimum Gasteiger partial charge on any atom is -0.462 e. The molecule has 0 aromatic rings. The molecule has 82 heavy (non-hydrogen) atoms. The molecule has 0 fully saturated rings. The van der Waals surface area contributed by atoms with E-state index in [-0.39, 0.29) is 31.6 Å². The van der Waals surface area contributed by atoms with E-state index in [0.29, 0.717) is 12.8 Å². The second kappa shape index (κ2) is 68.8. The molecule has 6 heteroatoms. The summed E-state index contributed by atoms with van der Waals surface area (Å²) in [5.41, 5.74) is 0. The van der Waals surface area contributed by atoms with Crippen LogP contribution in [0.3, 0.4) is 0 Å². The molecular formula is C76H124O6. The summed E-state index contributed by atoms with van der Waals surface area (Å²) in [5, 5.41) is 0. The Morgan fingerprint density at radius 3 is 0.866 bits per heavy atom. The summed E-state index contributed by atoms with van der Waals surface area (Å²) in [6.07, 6.45) is 98.9. The standard InChI is InChI=1S/C76H124O6/c1-4-7-10-13-16-19-22-25-28-30-32-33-34-35-36-37-38-39-40-41-42-43-44-46-48-51-54-57-60-63-66-69-75(78)81-72-73(71-80-74(77)68-65-62-59-56-53-50-47-27-24-21-18-15-12-9-6-3)82-76(79)70-67-64-61-58-55-52-49-45-31-29-26-23-20-17-14-11-8-5-2/h7,9-10,12,16,18-19,21,25,27-29,31-33,35-36,38-39,47,53,56,62,65,73H,4-6,8,11,13-15,17,20,22-24,26,30,34,37,40-46,48-52,54-55,57-61,63-64,66-72H2,1-3H3/b10-7-,12-9-,19-16-,21-18-,28-25-,31-29-,33-32-,36-35-,39-38-,47-27-,56-53-,65-62-. The Balaban J connectivity index is 4.36. The molecule has 0 aromatic heterocycles. The van der Waals surface area contributed by atoms with Crippen molar-refractivity contribution < 1.29 is 28.6 Å². The molecule has 1 atom stereocenters. The Kier molecular flexibility index (Phi) is 64.8. The second-order valence-corrected chi connectivity index (χ2v) is 22.0. The van der Waals surface area contributed by atoms with Crippen molar-refractivity contribution >= 4 is 17.9 Å². The molecule has 0 amide bonds. The Bertz CT molecular complexity index is 1780. The zero-order valence-electron chi connectivity index (χ0n) is 53.2. The van der Waals surface area contributed by atoms with Crippen LogP contribution >= 0.6 is 0 Å². The maximum atomic E-state index is 12.9. The first-order valence-electron chi connectivity index (χ1n) is 33.8. The molecule has 6 nitrogen and oxygen atoms in total. The first-order valence-corrected chi connectivity index (χ1v) is 33.8. The number of rotatable bonds is 60. The van der Waals surface area contributed by atoms with E-state index in [1.165, 1.54) is 148 Å². The van der Waals surface area contributed by atoms with Crippen molar-refractivity contribution in [3.05, 3.63) is 146 Å². The highest BCUT2D eigenvalue weighted by Crippen LogP contribution is 2.16. The number of hydrogen-bond donors (Lipinski definition) is 0. The average molecular weight is 1130 g/mol. The zero-order chi connectivity index (χ0) is 59.2. The highest BCUT2D eigenvalue weighted by Gasteiger charge is 2.19. The van der Waals surface area contributed by atoms with Gasteiger partial charge in [-0.3, -0.25) is 14.4 Å². The van der Waals surface area contributed by atoms with Gasteiger partial charge in [-0.1, -0.05) is 301 Å². The number of hydrogen-bond acceptors (Lipinski definition) is 6. The predicted molar refractivity (Wildman–Crippen MR) is 357 cm³/mol. The molecule has 0 aromatic carbocycles. The number of ether oxygens (including phenoxy) is 3. The van der Waals surface area contributed by atoms with Gasteiger partial charge >= 0.3 is 17.9 Å². The van der Waals surface area contributed by atoms with Crippen LogP contribution < -0.4 is 0 Å². The molecule has 0 N–H and O–H groups in total. The minimum absolute atomic E-state index is 0.114. The van der Waals surface area contributed by atoms with Gasteiger partial charge in [-0.05, 0) is 122 Å². The third-order valence-electron chi connectivity index (χ3n) is 14.1. The highest BCUT2D eigenvalue weighted by atomic mass is 16.6. The summed E-state index contributed by atoms with van der Waals surface area (Å²) < 4.78 is 16.8. The quantitative estimate of drug-likeness (QED) is 0.0261. The van der Waals surface area contributed by atoms with E-state index in [1.807, 2.05) is 6.08 Å². The SMILES string of the molecule is CC/C=C\C/C=C\C/C=C\C/C=C\C/C=C\C/C=C\CCCCCCCCCCCCCCC(=O)OCC(COC(=O)C/C=C\C/C=C\C/C=C\C/C=C\C/C=C\CC)OC(=O)CCCCCCCCC/C=C\CCCCCCCCC. The molecule has 464 valence electrons. The van der Waals surface area contributed by atoms with E-state index in [0.717, 1.165) is 109 Å². The Morgan fingerprint density at radius 2 is 0.524 bits per heavy atom. The molecule has 1 unspecified atom stereocenters. The van der Waals surface area contributed by atoms with E-state index in [1.54, 1.807) is 6.08 Å². The van der Waals surface area contributed by atoms with Crippen molar-refractivity contribution in [1.82, 2.24) is 0 Å². The molecule has 0 bridgehead atoms. The molecule has 0 aliphatic rings. The van der Waals surface area contributed by atoms with E-state index in [9.17, 15) is 14.4 Å². The predicted octanol–water partition coefficient (Wildman–Crippen LogP) is 23.5. The molecule has 0 saturated heterocycles. The van der Waals surface area contributed by atoms with Gasteiger partial charge in [0.1, 0.15) is 13.2 Å². The summed E-state index contributed by atoms with van der Waals surface area (Å²) in [6.45, 7) is 6.33. The van der Waals surface area contributed by atoms with Crippen LogP contribution in [0.4, 0.5) is 0 Å². The van der Waals surface area contributed by atoms with Crippen molar-refractivity contribution in [2.24, 2.45) is 0 Å². The van der Waals surface area contributed by atoms with Crippen LogP contribution in [0.25, 0.3) is 0 Å². The number of unbranched alkanes of at least 4 members (excludes halogenated alkanes) is 26. The number of carbonyl (C=O) groups excluding carboxylic acids is 3. The fourth-order valence-corrected chi connectivity index (χ4v) is 9.10. The average Bonchev–Trinajstić information content (AvgIpc) is 3.47. The Morgan fingerprint density at radius 1 is 0.268 bits per heavy atom. The van der Waals surface area contributed by atoms with Crippen molar-refractivity contribution in [3.8, 4) is 0 Å². The third-order valence-corrected chi connectivity index (χ3v) is 14.1. The van der Waals surface area contributed by atoms with Crippen molar-refractivity contribution in [3.63, 3.8) is 0 Å². The summed E-state index contributed by atoms with van der Waals surface area (Å²) in [5.74, 6) is -1.05. The maximum absolute atomic E-state index is 12.9. The topological polar surface area (TPSA) is 78.9 Å². The summed E-state index contributed by atoms with van der Waals surface area (Å²) in [4.78, 5) is 38.3. The van der Waals surface area contributed by atoms with Crippen LogP contribution in [0.2, 0.25) is 0 Å². The number of carbonyl (C=O) groups is 3. The summed E-state index contributed by atoms with van der Waals surface area (Å²) >= 11 is 0. The van der Waals surface area contributed by atoms with Crippen LogP contribution in [0.5, 0.6) is 0 Å². The molecule has 0 aliphatic carbocycles. The van der Waals surface area contributed by atoms with Gasteiger partial charge in [-0.2, -0.15) is 0 Å². The Labute approximate surface area is 506 Å². The van der Waals surface area contributed by atoms with Gasteiger partial charge in [0.05, 0.1) is 6.42 Å². The van der Waals surface area contributed by atoms with E-state index < -0.39 is 12.1 Å². The second-order valence-electron chi connectivity index (χ2n) is 22.0.